The summed E-state index contributed by atoms with van der Waals surface area (Å²) in [6.45, 7) is 3.94. The maximum absolute atomic E-state index is 11.3. The van der Waals surface area contributed by atoms with Gasteiger partial charge in [-0.25, -0.2) is 4.98 Å². The zero-order valence-electron chi connectivity index (χ0n) is 11.6. The van der Waals surface area contributed by atoms with Gasteiger partial charge in [-0.05, 0) is 19.9 Å². The predicted molar refractivity (Wildman–Crippen MR) is 73.7 cm³/mol. The van der Waals surface area contributed by atoms with Crippen molar-refractivity contribution in [2.24, 2.45) is 7.05 Å². The zero-order chi connectivity index (χ0) is 14.5. The quantitative estimate of drug-likeness (QED) is 0.623. The Balaban J connectivity index is 2.21. The van der Waals surface area contributed by atoms with E-state index in [9.17, 15) is 10.1 Å². The van der Waals surface area contributed by atoms with Gasteiger partial charge in [-0.15, -0.1) is 0 Å². The molecule has 0 spiro atoms. The standard InChI is InChI=1S/C14H15N3O3/c1-14(2)8-9-6-11(17(18)19)10(7-12(9)20-14)13-15-4-5-16(13)3/h4-7H,8H2,1-3H3. The molecule has 0 N–H and O–H groups in total. The number of hydrogen-bond donors (Lipinski definition) is 0. The largest absolute Gasteiger partial charge is 0.487 e. The molecule has 6 nitrogen and oxygen atoms in total. The Labute approximate surface area is 116 Å². The first-order chi connectivity index (χ1) is 9.37. The highest BCUT2D eigenvalue weighted by Gasteiger charge is 2.33. The number of nitro benzene ring substituents is 1. The molecular weight excluding hydrogens is 258 g/mol. The van der Waals surface area contributed by atoms with Gasteiger partial charge in [-0.1, -0.05) is 0 Å². The summed E-state index contributed by atoms with van der Waals surface area (Å²) >= 11 is 0. The summed E-state index contributed by atoms with van der Waals surface area (Å²) in [6.07, 6.45) is 4.05. The highest BCUT2D eigenvalue weighted by Crippen LogP contribution is 2.41. The monoisotopic (exact) mass is 273 g/mol. The molecule has 2 heterocycles. The summed E-state index contributed by atoms with van der Waals surface area (Å²) in [6, 6.07) is 3.33. The van der Waals surface area contributed by atoms with E-state index in [1.807, 2.05) is 20.9 Å². The Bertz CT molecular complexity index is 704. The van der Waals surface area contributed by atoms with E-state index < -0.39 is 0 Å². The van der Waals surface area contributed by atoms with Crippen LogP contribution < -0.4 is 4.74 Å². The summed E-state index contributed by atoms with van der Waals surface area (Å²) < 4.78 is 7.61. The van der Waals surface area contributed by atoms with Crippen LogP contribution >= 0.6 is 0 Å². The van der Waals surface area contributed by atoms with E-state index in [2.05, 4.69) is 4.98 Å². The van der Waals surface area contributed by atoms with Crippen molar-refractivity contribution in [1.82, 2.24) is 9.55 Å². The predicted octanol–water partition coefficient (Wildman–Crippen LogP) is 2.71. The van der Waals surface area contributed by atoms with Crippen LogP contribution in [-0.2, 0) is 13.5 Å². The molecule has 1 aliphatic heterocycles. The van der Waals surface area contributed by atoms with Gasteiger partial charge in [0, 0.05) is 37.5 Å². The zero-order valence-corrected chi connectivity index (χ0v) is 11.6. The molecule has 0 saturated carbocycles. The number of imidazole rings is 1. The first-order valence-corrected chi connectivity index (χ1v) is 6.35. The van der Waals surface area contributed by atoms with Crippen molar-refractivity contribution in [1.29, 1.82) is 0 Å². The molecular formula is C14H15N3O3. The van der Waals surface area contributed by atoms with Crippen LogP contribution in [0.15, 0.2) is 24.5 Å². The van der Waals surface area contributed by atoms with Gasteiger partial charge in [0.25, 0.3) is 5.69 Å². The highest BCUT2D eigenvalue weighted by atomic mass is 16.6. The van der Waals surface area contributed by atoms with Crippen LogP contribution in [0.3, 0.4) is 0 Å². The van der Waals surface area contributed by atoms with Crippen molar-refractivity contribution >= 4 is 5.69 Å². The SMILES string of the molecule is Cn1ccnc1-c1cc2c(cc1[N+](=O)[O-])CC(C)(C)O2. The lowest BCUT2D eigenvalue weighted by molar-refractivity contribution is -0.384. The van der Waals surface area contributed by atoms with Crippen molar-refractivity contribution in [3.05, 3.63) is 40.2 Å². The summed E-state index contributed by atoms with van der Waals surface area (Å²) in [5.74, 6) is 1.27. The van der Waals surface area contributed by atoms with Crippen molar-refractivity contribution in [2.45, 2.75) is 25.9 Å². The van der Waals surface area contributed by atoms with E-state index >= 15 is 0 Å². The number of aromatic nitrogens is 2. The second kappa shape index (κ2) is 4.06. The fraction of sp³-hybridized carbons (Fsp3) is 0.357. The number of benzene rings is 1. The smallest absolute Gasteiger partial charge is 0.280 e. The van der Waals surface area contributed by atoms with E-state index in [-0.39, 0.29) is 16.2 Å². The molecule has 0 radical (unpaired) electrons. The summed E-state index contributed by atoms with van der Waals surface area (Å²) in [5, 5.41) is 11.3. The molecule has 2 aromatic rings. The molecule has 0 saturated heterocycles. The van der Waals surface area contributed by atoms with E-state index in [1.165, 1.54) is 0 Å². The third-order valence-electron chi connectivity index (χ3n) is 3.44. The van der Waals surface area contributed by atoms with E-state index in [4.69, 9.17) is 4.74 Å². The molecule has 0 fully saturated rings. The van der Waals surface area contributed by atoms with Gasteiger partial charge in [0.15, 0.2) is 0 Å². The minimum atomic E-state index is -0.365. The van der Waals surface area contributed by atoms with Gasteiger partial charge in [0.2, 0.25) is 0 Å². The first-order valence-electron chi connectivity index (χ1n) is 6.35. The van der Waals surface area contributed by atoms with Crippen molar-refractivity contribution in [3.8, 4) is 17.1 Å². The second-order valence-electron chi connectivity index (χ2n) is 5.63. The molecule has 1 aromatic heterocycles. The van der Waals surface area contributed by atoms with Crippen LogP contribution in [0.5, 0.6) is 5.75 Å². The lowest BCUT2D eigenvalue weighted by atomic mass is 9.99. The fourth-order valence-electron chi connectivity index (χ4n) is 2.59. The molecule has 0 aliphatic carbocycles. The van der Waals surface area contributed by atoms with E-state index in [0.717, 1.165) is 5.56 Å². The lowest BCUT2D eigenvalue weighted by Gasteiger charge is -2.16. The third kappa shape index (κ3) is 1.93. The van der Waals surface area contributed by atoms with Gasteiger partial charge in [-0.2, -0.15) is 0 Å². The number of hydrogen-bond acceptors (Lipinski definition) is 4. The molecule has 1 aromatic carbocycles. The van der Waals surface area contributed by atoms with Crippen molar-refractivity contribution < 1.29 is 9.66 Å². The highest BCUT2D eigenvalue weighted by molar-refractivity contribution is 5.72. The summed E-state index contributed by atoms with van der Waals surface area (Å²) in [5.41, 5.74) is 1.11. The van der Waals surface area contributed by atoms with Crippen molar-refractivity contribution in [2.75, 3.05) is 0 Å². The lowest BCUT2D eigenvalue weighted by Crippen LogP contribution is -2.24. The van der Waals surface area contributed by atoms with Gasteiger partial charge in [0.05, 0.1) is 10.5 Å². The number of nitro groups is 1. The number of ether oxygens (including phenoxy) is 1. The van der Waals surface area contributed by atoms with Crippen molar-refractivity contribution in [3.63, 3.8) is 0 Å². The Hall–Kier alpha value is -2.37. The Morgan fingerprint density at radius 2 is 2.20 bits per heavy atom. The minimum absolute atomic E-state index is 0.0688. The molecule has 104 valence electrons. The molecule has 1 aliphatic rings. The molecule has 6 heteroatoms. The minimum Gasteiger partial charge on any atom is -0.487 e. The maximum Gasteiger partial charge on any atom is 0.280 e. The molecule has 20 heavy (non-hydrogen) atoms. The van der Waals surface area contributed by atoms with E-state index in [0.29, 0.717) is 23.6 Å². The average molecular weight is 273 g/mol. The van der Waals surface area contributed by atoms with Crippen LogP contribution in [-0.4, -0.2) is 20.1 Å². The molecule has 0 amide bonds. The summed E-state index contributed by atoms with van der Waals surface area (Å²) in [4.78, 5) is 15.1. The summed E-state index contributed by atoms with van der Waals surface area (Å²) in [7, 11) is 1.81. The Morgan fingerprint density at radius 3 is 2.80 bits per heavy atom. The van der Waals surface area contributed by atoms with Crippen LogP contribution in [0.1, 0.15) is 19.4 Å². The molecule has 0 atom stereocenters. The molecule has 0 bridgehead atoms. The molecule has 0 unspecified atom stereocenters. The van der Waals surface area contributed by atoms with E-state index in [1.54, 1.807) is 29.1 Å². The Kier molecular flexibility index (Phi) is 2.57. The molecule has 3 rings (SSSR count). The second-order valence-corrected chi connectivity index (χ2v) is 5.63. The van der Waals surface area contributed by atoms with Gasteiger partial charge < -0.3 is 9.30 Å². The fourth-order valence-corrected chi connectivity index (χ4v) is 2.59. The van der Waals surface area contributed by atoms with Gasteiger partial charge in [0.1, 0.15) is 17.2 Å². The number of aryl methyl sites for hydroxylation is 1. The van der Waals surface area contributed by atoms with Gasteiger partial charge in [-0.3, -0.25) is 10.1 Å². The van der Waals surface area contributed by atoms with Gasteiger partial charge >= 0.3 is 0 Å². The number of fused-ring (bicyclic) bond motifs is 1. The first kappa shape index (κ1) is 12.7. The van der Waals surface area contributed by atoms with Crippen LogP contribution in [0.4, 0.5) is 5.69 Å². The number of nitrogens with zero attached hydrogens (tertiary/aromatic N) is 3. The van der Waals surface area contributed by atoms with Crippen LogP contribution in [0, 0.1) is 10.1 Å². The number of rotatable bonds is 2. The maximum atomic E-state index is 11.3. The normalized spacial score (nSPS) is 15.8. The Morgan fingerprint density at radius 1 is 1.45 bits per heavy atom. The van der Waals surface area contributed by atoms with Crippen LogP contribution in [0.25, 0.3) is 11.4 Å². The van der Waals surface area contributed by atoms with Crippen LogP contribution in [0.2, 0.25) is 0 Å². The average Bonchev–Trinajstić information content (AvgIpc) is 2.88. The third-order valence-corrected chi connectivity index (χ3v) is 3.44. The topological polar surface area (TPSA) is 70.2 Å².